The van der Waals surface area contributed by atoms with E-state index in [0.717, 1.165) is 30.5 Å². The summed E-state index contributed by atoms with van der Waals surface area (Å²) in [4.78, 5) is 4.43. The molecule has 0 amide bonds. The number of hydrogen-bond donors (Lipinski definition) is 1. The molecule has 1 aliphatic rings. The Morgan fingerprint density at radius 1 is 1.27 bits per heavy atom. The van der Waals surface area contributed by atoms with E-state index < -0.39 is 5.54 Å². The zero-order valence-corrected chi connectivity index (χ0v) is 12.4. The molecule has 4 rings (SSSR count). The minimum Gasteiger partial charge on any atom is -0.334 e. The molecule has 1 aromatic carbocycles. The van der Waals surface area contributed by atoms with Gasteiger partial charge >= 0.3 is 0 Å². The molecule has 114 valence electrons. The monoisotopic (exact) mass is 319 g/mol. The second-order valence-electron chi connectivity index (χ2n) is 5.24. The van der Waals surface area contributed by atoms with Gasteiger partial charge < -0.3 is 10.3 Å². The molecule has 0 unspecified atom stereocenters. The fourth-order valence-corrected chi connectivity index (χ4v) is 2.39. The Hall–Kier alpha value is -2.32. The van der Waals surface area contributed by atoms with Gasteiger partial charge in [0.15, 0.2) is 5.82 Å². The molecule has 0 atom stereocenters. The number of hydrogen-bond acceptors (Lipinski definition) is 7. The molecule has 2 heterocycles. The van der Waals surface area contributed by atoms with E-state index in [4.69, 9.17) is 10.3 Å². The van der Waals surface area contributed by atoms with Crippen LogP contribution >= 0.6 is 12.4 Å². The van der Waals surface area contributed by atoms with Crippen LogP contribution in [0.2, 0.25) is 0 Å². The van der Waals surface area contributed by atoms with Crippen molar-refractivity contribution in [2.45, 2.75) is 24.8 Å². The highest BCUT2D eigenvalue weighted by molar-refractivity contribution is 5.85. The predicted molar refractivity (Wildman–Crippen MR) is 79.4 cm³/mol. The third-order valence-electron chi connectivity index (χ3n) is 3.82. The van der Waals surface area contributed by atoms with Gasteiger partial charge in [-0.05, 0) is 47.9 Å². The quantitative estimate of drug-likeness (QED) is 0.778. The van der Waals surface area contributed by atoms with E-state index in [1.54, 1.807) is 4.68 Å². The first-order chi connectivity index (χ1) is 10.2. The van der Waals surface area contributed by atoms with Crippen LogP contribution in [0.3, 0.4) is 0 Å². The summed E-state index contributed by atoms with van der Waals surface area (Å²) in [5.41, 5.74) is 7.42. The zero-order valence-electron chi connectivity index (χ0n) is 11.6. The van der Waals surface area contributed by atoms with Crippen LogP contribution in [0.25, 0.3) is 17.1 Å². The van der Waals surface area contributed by atoms with Crippen molar-refractivity contribution in [2.75, 3.05) is 0 Å². The van der Waals surface area contributed by atoms with E-state index in [2.05, 4.69) is 25.7 Å². The standard InChI is InChI=1S/C13H13N7O.ClH/c14-13(5-2-6-13)12-16-11(21-17-12)9-3-1-4-10(7-9)20-8-15-18-19-20;/h1,3-4,7-8H,2,5-6,14H2;1H. The molecular formula is C13H14ClN7O. The number of tetrazole rings is 1. The lowest BCUT2D eigenvalue weighted by atomic mass is 9.77. The van der Waals surface area contributed by atoms with Gasteiger partial charge in [0, 0.05) is 5.56 Å². The van der Waals surface area contributed by atoms with E-state index >= 15 is 0 Å². The van der Waals surface area contributed by atoms with Gasteiger partial charge in [0.2, 0.25) is 0 Å². The van der Waals surface area contributed by atoms with Gasteiger partial charge in [0.05, 0.1) is 11.2 Å². The zero-order chi connectivity index (χ0) is 14.3. The first-order valence-electron chi connectivity index (χ1n) is 6.71. The third-order valence-corrected chi connectivity index (χ3v) is 3.82. The Kier molecular flexibility index (Phi) is 3.63. The van der Waals surface area contributed by atoms with Crippen LogP contribution < -0.4 is 5.73 Å². The molecule has 0 aliphatic heterocycles. The normalized spacial score (nSPS) is 15.9. The van der Waals surface area contributed by atoms with Gasteiger partial charge in [-0.3, -0.25) is 0 Å². The number of halogens is 1. The molecule has 0 radical (unpaired) electrons. The maximum absolute atomic E-state index is 6.21. The van der Waals surface area contributed by atoms with Crippen molar-refractivity contribution < 1.29 is 4.52 Å². The minimum atomic E-state index is -0.421. The van der Waals surface area contributed by atoms with Crippen molar-refractivity contribution in [2.24, 2.45) is 5.73 Å². The van der Waals surface area contributed by atoms with Crippen LogP contribution in [0.1, 0.15) is 25.1 Å². The summed E-state index contributed by atoms with van der Waals surface area (Å²) in [7, 11) is 0. The summed E-state index contributed by atoms with van der Waals surface area (Å²) in [5.74, 6) is 1.04. The van der Waals surface area contributed by atoms with Crippen molar-refractivity contribution in [1.82, 2.24) is 30.3 Å². The van der Waals surface area contributed by atoms with Crippen molar-refractivity contribution >= 4 is 12.4 Å². The molecule has 2 N–H and O–H groups in total. The summed E-state index contributed by atoms with van der Waals surface area (Å²) >= 11 is 0. The van der Waals surface area contributed by atoms with E-state index in [-0.39, 0.29) is 12.4 Å². The third kappa shape index (κ3) is 2.36. The summed E-state index contributed by atoms with van der Waals surface area (Å²) in [6, 6.07) is 7.57. The first-order valence-corrected chi connectivity index (χ1v) is 6.71. The number of rotatable bonds is 3. The highest BCUT2D eigenvalue weighted by atomic mass is 35.5. The Bertz CT molecular complexity index is 766. The van der Waals surface area contributed by atoms with Crippen molar-refractivity contribution in [1.29, 1.82) is 0 Å². The Morgan fingerprint density at radius 2 is 2.14 bits per heavy atom. The fourth-order valence-electron chi connectivity index (χ4n) is 2.39. The maximum atomic E-state index is 6.21. The Labute approximate surface area is 132 Å². The summed E-state index contributed by atoms with van der Waals surface area (Å²) < 4.78 is 6.91. The lowest BCUT2D eigenvalue weighted by Gasteiger charge is -2.34. The second-order valence-corrected chi connectivity index (χ2v) is 5.24. The van der Waals surface area contributed by atoms with Crippen molar-refractivity contribution in [3.8, 4) is 17.1 Å². The van der Waals surface area contributed by atoms with Crippen molar-refractivity contribution in [3.05, 3.63) is 36.4 Å². The topological polar surface area (TPSA) is 109 Å². The number of nitrogens with two attached hydrogens (primary N) is 1. The maximum Gasteiger partial charge on any atom is 0.258 e. The van der Waals surface area contributed by atoms with Crippen LogP contribution in [0.5, 0.6) is 0 Å². The average Bonchev–Trinajstić information content (AvgIpc) is 3.16. The summed E-state index contributed by atoms with van der Waals surface area (Å²) in [6.07, 6.45) is 4.43. The first kappa shape index (κ1) is 14.6. The SMILES string of the molecule is Cl.NC1(c2noc(-c3cccc(-n4cnnn4)c3)n2)CCC1. The Morgan fingerprint density at radius 3 is 2.82 bits per heavy atom. The largest absolute Gasteiger partial charge is 0.334 e. The van der Waals surface area contributed by atoms with Crippen LogP contribution in [-0.2, 0) is 5.54 Å². The number of aromatic nitrogens is 6. The summed E-state index contributed by atoms with van der Waals surface area (Å²) in [5, 5.41) is 15.1. The minimum absolute atomic E-state index is 0. The van der Waals surface area contributed by atoms with Crippen LogP contribution in [0, 0.1) is 0 Å². The van der Waals surface area contributed by atoms with E-state index in [9.17, 15) is 0 Å². The van der Waals surface area contributed by atoms with Crippen molar-refractivity contribution in [3.63, 3.8) is 0 Å². The second kappa shape index (κ2) is 5.47. The molecule has 1 saturated carbocycles. The van der Waals surface area contributed by atoms with Gasteiger partial charge in [-0.15, -0.1) is 17.5 Å². The van der Waals surface area contributed by atoms with E-state index in [1.165, 1.54) is 6.33 Å². The number of nitrogens with zero attached hydrogens (tertiary/aromatic N) is 6. The lowest BCUT2D eigenvalue weighted by Crippen LogP contribution is -2.44. The molecule has 8 nitrogen and oxygen atoms in total. The molecule has 9 heteroatoms. The molecular weight excluding hydrogens is 306 g/mol. The molecule has 1 fully saturated rings. The average molecular weight is 320 g/mol. The Balaban J connectivity index is 0.00000144. The fraction of sp³-hybridized carbons (Fsp3) is 0.308. The van der Waals surface area contributed by atoms with Crippen LogP contribution in [0.4, 0.5) is 0 Å². The van der Waals surface area contributed by atoms with Gasteiger partial charge in [-0.25, -0.2) is 4.68 Å². The summed E-state index contributed by atoms with van der Waals surface area (Å²) in [6.45, 7) is 0. The molecule has 22 heavy (non-hydrogen) atoms. The molecule has 0 saturated heterocycles. The van der Waals surface area contributed by atoms with Crippen LogP contribution in [-0.4, -0.2) is 30.3 Å². The van der Waals surface area contributed by atoms with Gasteiger partial charge in [-0.2, -0.15) is 4.98 Å². The molecule has 3 aromatic rings. The predicted octanol–water partition coefficient (Wildman–Crippen LogP) is 1.47. The highest BCUT2D eigenvalue weighted by Crippen LogP contribution is 2.37. The molecule has 2 aromatic heterocycles. The van der Waals surface area contributed by atoms with Crippen LogP contribution in [0.15, 0.2) is 35.1 Å². The van der Waals surface area contributed by atoms with Gasteiger partial charge in [0.1, 0.15) is 6.33 Å². The van der Waals surface area contributed by atoms with Gasteiger partial charge in [-0.1, -0.05) is 11.2 Å². The molecule has 1 aliphatic carbocycles. The lowest BCUT2D eigenvalue weighted by molar-refractivity contribution is 0.229. The van der Waals surface area contributed by atoms with Gasteiger partial charge in [0.25, 0.3) is 5.89 Å². The number of benzene rings is 1. The van der Waals surface area contributed by atoms with E-state index in [0.29, 0.717) is 11.7 Å². The highest BCUT2D eigenvalue weighted by Gasteiger charge is 2.39. The smallest absolute Gasteiger partial charge is 0.258 e. The van der Waals surface area contributed by atoms with E-state index in [1.807, 2.05) is 24.3 Å². The molecule has 0 bridgehead atoms. The molecule has 0 spiro atoms.